The molecule has 0 aromatic heterocycles. The van der Waals surface area contributed by atoms with Gasteiger partial charge in [0.25, 0.3) is 0 Å². The highest BCUT2D eigenvalue weighted by Gasteiger charge is 2.28. The fraction of sp³-hybridized carbons (Fsp3) is 1.00. The fourth-order valence-corrected chi connectivity index (χ4v) is 1.46. The van der Waals surface area contributed by atoms with Gasteiger partial charge in [-0.25, -0.2) is 0 Å². The van der Waals surface area contributed by atoms with Gasteiger partial charge in [-0.15, -0.1) is 0 Å². The Labute approximate surface area is 80.8 Å². The highest BCUT2D eigenvalue weighted by atomic mass is 16.6. The topological polar surface area (TPSA) is 30.5 Å². The molecule has 0 aromatic rings. The molecule has 1 atom stereocenters. The van der Waals surface area contributed by atoms with Crippen LogP contribution in [0.15, 0.2) is 0 Å². The molecule has 1 heterocycles. The Morgan fingerprint density at radius 1 is 1.54 bits per heavy atom. The summed E-state index contributed by atoms with van der Waals surface area (Å²) in [6.07, 6.45) is 0.486. The van der Waals surface area contributed by atoms with Gasteiger partial charge in [0.2, 0.25) is 0 Å². The summed E-state index contributed by atoms with van der Waals surface area (Å²) in [4.78, 5) is 0. The largest absolute Gasteiger partial charge is 0.376 e. The Hall–Kier alpha value is -0.120. The van der Waals surface area contributed by atoms with Gasteiger partial charge in [-0.05, 0) is 27.7 Å². The quantitative estimate of drug-likeness (QED) is 0.719. The summed E-state index contributed by atoms with van der Waals surface area (Å²) in [6, 6.07) is 0. The van der Waals surface area contributed by atoms with Crippen molar-refractivity contribution in [2.45, 2.75) is 45.5 Å². The predicted molar refractivity (Wildman–Crippen MR) is 52.9 cm³/mol. The van der Waals surface area contributed by atoms with Crippen LogP contribution in [-0.4, -0.2) is 37.5 Å². The average molecular weight is 187 g/mol. The van der Waals surface area contributed by atoms with E-state index in [-0.39, 0.29) is 17.8 Å². The van der Waals surface area contributed by atoms with Crippen LogP contribution in [0.2, 0.25) is 0 Å². The zero-order valence-corrected chi connectivity index (χ0v) is 9.09. The van der Waals surface area contributed by atoms with Gasteiger partial charge < -0.3 is 14.8 Å². The summed E-state index contributed by atoms with van der Waals surface area (Å²) in [5, 5.41) is 3.34. The standard InChI is InChI=1S/C10H21NO2/c1-8(2)12-6-9-5-11-7-10(3,4)13-9/h8-9,11H,5-7H2,1-4H3/t9-/m0/s1. The number of rotatable bonds is 3. The van der Waals surface area contributed by atoms with E-state index < -0.39 is 0 Å². The minimum absolute atomic E-state index is 0.0523. The van der Waals surface area contributed by atoms with Gasteiger partial charge in [0, 0.05) is 13.1 Å². The summed E-state index contributed by atoms with van der Waals surface area (Å²) in [5.41, 5.74) is -0.0523. The van der Waals surface area contributed by atoms with Crippen LogP contribution >= 0.6 is 0 Å². The molecule has 3 nitrogen and oxygen atoms in total. The molecule has 1 rings (SSSR count). The first-order chi connectivity index (χ1) is 5.99. The monoisotopic (exact) mass is 187 g/mol. The van der Waals surface area contributed by atoms with Crippen molar-refractivity contribution in [1.82, 2.24) is 5.32 Å². The van der Waals surface area contributed by atoms with Crippen molar-refractivity contribution in [3.63, 3.8) is 0 Å². The number of hydrogen-bond acceptors (Lipinski definition) is 3. The minimum Gasteiger partial charge on any atom is -0.376 e. The molecule has 1 aliphatic rings. The van der Waals surface area contributed by atoms with Gasteiger partial charge in [-0.1, -0.05) is 0 Å². The Morgan fingerprint density at radius 2 is 2.23 bits per heavy atom. The molecule has 1 aliphatic heterocycles. The zero-order chi connectivity index (χ0) is 9.90. The molecule has 0 aromatic carbocycles. The van der Waals surface area contributed by atoms with Crippen molar-refractivity contribution in [2.75, 3.05) is 19.7 Å². The lowest BCUT2D eigenvalue weighted by Gasteiger charge is -2.36. The van der Waals surface area contributed by atoms with Gasteiger partial charge in [0.05, 0.1) is 24.4 Å². The van der Waals surface area contributed by atoms with Gasteiger partial charge >= 0.3 is 0 Å². The van der Waals surface area contributed by atoms with Gasteiger partial charge in [-0.3, -0.25) is 0 Å². The molecule has 3 heteroatoms. The molecule has 0 radical (unpaired) electrons. The minimum atomic E-state index is -0.0523. The van der Waals surface area contributed by atoms with Crippen molar-refractivity contribution in [2.24, 2.45) is 0 Å². The Kier molecular flexibility index (Phi) is 3.71. The Balaban J connectivity index is 2.26. The predicted octanol–water partition coefficient (Wildman–Crippen LogP) is 1.18. The molecule has 0 spiro atoms. The smallest absolute Gasteiger partial charge is 0.0940 e. The molecule has 0 amide bonds. The van der Waals surface area contributed by atoms with E-state index in [1.807, 2.05) is 13.8 Å². The third kappa shape index (κ3) is 4.07. The summed E-state index contributed by atoms with van der Waals surface area (Å²) < 4.78 is 11.3. The van der Waals surface area contributed by atoms with Crippen LogP contribution in [0, 0.1) is 0 Å². The van der Waals surface area contributed by atoms with Crippen LogP contribution in [0.1, 0.15) is 27.7 Å². The summed E-state index contributed by atoms with van der Waals surface area (Å²) >= 11 is 0. The first-order valence-electron chi connectivity index (χ1n) is 5.00. The summed E-state index contributed by atoms with van der Waals surface area (Å²) in [6.45, 7) is 10.8. The molecule has 1 N–H and O–H groups in total. The third-order valence-corrected chi connectivity index (χ3v) is 2.02. The first kappa shape index (κ1) is 11.0. The highest BCUT2D eigenvalue weighted by molar-refractivity contribution is 4.81. The van der Waals surface area contributed by atoms with E-state index in [0.717, 1.165) is 13.1 Å². The maximum absolute atomic E-state index is 5.84. The number of ether oxygens (including phenoxy) is 2. The number of hydrogen-bond donors (Lipinski definition) is 1. The van der Waals surface area contributed by atoms with Gasteiger partial charge in [0.1, 0.15) is 0 Å². The number of nitrogens with one attached hydrogen (secondary N) is 1. The number of morpholine rings is 1. The lowest BCUT2D eigenvalue weighted by Crippen LogP contribution is -2.52. The molecular weight excluding hydrogens is 166 g/mol. The first-order valence-corrected chi connectivity index (χ1v) is 5.00. The van der Waals surface area contributed by atoms with E-state index in [2.05, 4.69) is 19.2 Å². The van der Waals surface area contributed by atoms with Crippen LogP contribution in [0.3, 0.4) is 0 Å². The lowest BCUT2D eigenvalue weighted by molar-refractivity contribution is -0.126. The molecule has 0 unspecified atom stereocenters. The van der Waals surface area contributed by atoms with Gasteiger partial charge in [-0.2, -0.15) is 0 Å². The van der Waals surface area contributed by atoms with E-state index in [9.17, 15) is 0 Å². The summed E-state index contributed by atoms with van der Waals surface area (Å²) in [5.74, 6) is 0. The molecule has 0 saturated carbocycles. The maximum atomic E-state index is 5.84. The average Bonchev–Trinajstić information content (AvgIpc) is 1.99. The van der Waals surface area contributed by atoms with E-state index in [0.29, 0.717) is 6.61 Å². The zero-order valence-electron chi connectivity index (χ0n) is 9.09. The third-order valence-electron chi connectivity index (χ3n) is 2.02. The highest BCUT2D eigenvalue weighted by Crippen LogP contribution is 2.15. The van der Waals surface area contributed by atoms with Crippen molar-refractivity contribution < 1.29 is 9.47 Å². The van der Waals surface area contributed by atoms with E-state index in [1.54, 1.807) is 0 Å². The Bertz CT molecular complexity index is 157. The van der Waals surface area contributed by atoms with E-state index in [1.165, 1.54) is 0 Å². The van der Waals surface area contributed by atoms with Crippen molar-refractivity contribution in [3.8, 4) is 0 Å². The van der Waals surface area contributed by atoms with Gasteiger partial charge in [0.15, 0.2) is 0 Å². The summed E-state index contributed by atoms with van der Waals surface area (Å²) in [7, 11) is 0. The van der Waals surface area contributed by atoms with Crippen LogP contribution in [-0.2, 0) is 9.47 Å². The normalized spacial score (nSPS) is 27.9. The van der Waals surface area contributed by atoms with Crippen molar-refractivity contribution >= 4 is 0 Å². The van der Waals surface area contributed by atoms with E-state index in [4.69, 9.17) is 9.47 Å². The second kappa shape index (κ2) is 4.40. The SMILES string of the molecule is CC(C)OC[C@@H]1CNCC(C)(C)O1. The fourth-order valence-electron chi connectivity index (χ4n) is 1.46. The van der Waals surface area contributed by atoms with Crippen LogP contribution in [0.5, 0.6) is 0 Å². The second-order valence-electron chi connectivity index (χ2n) is 4.51. The van der Waals surface area contributed by atoms with Crippen molar-refractivity contribution in [3.05, 3.63) is 0 Å². The Morgan fingerprint density at radius 3 is 2.77 bits per heavy atom. The molecule has 13 heavy (non-hydrogen) atoms. The molecule has 0 bridgehead atoms. The van der Waals surface area contributed by atoms with Crippen LogP contribution in [0.4, 0.5) is 0 Å². The molecule has 0 aliphatic carbocycles. The second-order valence-corrected chi connectivity index (χ2v) is 4.51. The molecule has 78 valence electrons. The van der Waals surface area contributed by atoms with Crippen LogP contribution < -0.4 is 5.32 Å². The maximum Gasteiger partial charge on any atom is 0.0940 e. The lowest BCUT2D eigenvalue weighted by atomic mass is 10.1. The molecule has 1 fully saturated rings. The van der Waals surface area contributed by atoms with E-state index >= 15 is 0 Å². The molecular formula is C10H21NO2. The van der Waals surface area contributed by atoms with Crippen molar-refractivity contribution in [1.29, 1.82) is 0 Å². The molecule has 1 saturated heterocycles. The van der Waals surface area contributed by atoms with Crippen LogP contribution in [0.25, 0.3) is 0 Å².